The summed E-state index contributed by atoms with van der Waals surface area (Å²) in [5.41, 5.74) is 0. The first kappa shape index (κ1) is 10.3. The first-order chi connectivity index (χ1) is 6.27. The van der Waals surface area contributed by atoms with Gasteiger partial charge in [0.1, 0.15) is 0 Å². The number of nitrogens with zero attached hydrogens (tertiary/aromatic N) is 1. The van der Waals surface area contributed by atoms with E-state index in [-0.39, 0.29) is 12.1 Å². The molecule has 0 aromatic rings. The van der Waals surface area contributed by atoms with Gasteiger partial charge >= 0.3 is 6.03 Å². The Balaban J connectivity index is 2.37. The zero-order valence-corrected chi connectivity index (χ0v) is 8.38. The summed E-state index contributed by atoms with van der Waals surface area (Å²) in [6.07, 6.45) is 2.37. The topological polar surface area (TPSA) is 41.6 Å². The molecule has 1 aliphatic heterocycles. The maximum absolute atomic E-state index is 11.3. The van der Waals surface area contributed by atoms with Crippen molar-refractivity contribution in [2.24, 2.45) is 0 Å². The normalized spacial score (nSPS) is 22.9. The molecule has 1 rings (SSSR count). The van der Waals surface area contributed by atoms with Crippen molar-refractivity contribution in [2.45, 2.75) is 25.9 Å². The van der Waals surface area contributed by atoms with E-state index in [0.717, 1.165) is 19.4 Å². The molecule has 1 aliphatic rings. The van der Waals surface area contributed by atoms with Crippen molar-refractivity contribution < 1.29 is 9.53 Å². The molecular weight excluding hydrogens is 168 g/mol. The van der Waals surface area contributed by atoms with Gasteiger partial charge in [0.25, 0.3) is 0 Å². The predicted octanol–water partition coefficient (Wildman–Crippen LogP) is 0.827. The molecule has 0 spiro atoms. The molecule has 1 unspecified atom stereocenters. The van der Waals surface area contributed by atoms with Gasteiger partial charge in [0.2, 0.25) is 0 Å². The average molecular weight is 186 g/mol. The molecule has 0 saturated carbocycles. The summed E-state index contributed by atoms with van der Waals surface area (Å²) in [7, 11) is 1.66. The maximum atomic E-state index is 11.3. The Labute approximate surface area is 79.2 Å². The van der Waals surface area contributed by atoms with E-state index in [1.807, 2.05) is 4.90 Å². The molecule has 1 N–H and O–H groups in total. The Morgan fingerprint density at radius 1 is 1.69 bits per heavy atom. The second-order valence-corrected chi connectivity index (χ2v) is 3.28. The molecule has 13 heavy (non-hydrogen) atoms. The Bertz CT molecular complexity index is 171. The Hall–Kier alpha value is -0.770. The summed E-state index contributed by atoms with van der Waals surface area (Å²) in [6, 6.07) is 0.00408. The van der Waals surface area contributed by atoms with E-state index in [0.29, 0.717) is 13.2 Å². The summed E-state index contributed by atoms with van der Waals surface area (Å²) in [6.45, 7) is 4.23. The third-order valence-corrected chi connectivity index (χ3v) is 2.25. The standard InChI is InChI=1S/C9H18N2O2/c1-3-4-8-7-11(5-6-13-8)9(12)10-2/h8H,3-7H2,1-2H3,(H,10,12). The maximum Gasteiger partial charge on any atom is 0.317 e. The van der Waals surface area contributed by atoms with Crippen LogP contribution in [0.1, 0.15) is 19.8 Å². The highest BCUT2D eigenvalue weighted by molar-refractivity contribution is 5.73. The number of morpholine rings is 1. The monoisotopic (exact) mass is 186 g/mol. The number of carbonyl (C=O) groups excluding carboxylic acids is 1. The fraction of sp³-hybridized carbons (Fsp3) is 0.889. The molecule has 4 nitrogen and oxygen atoms in total. The van der Waals surface area contributed by atoms with E-state index in [2.05, 4.69) is 12.2 Å². The van der Waals surface area contributed by atoms with Crippen LogP contribution in [-0.2, 0) is 4.74 Å². The van der Waals surface area contributed by atoms with Crippen LogP contribution in [-0.4, -0.2) is 43.8 Å². The number of rotatable bonds is 2. The van der Waals surface area contributed by atoms with Crippen LogP contribution < -0.4 is 5.32 Å². The van der Waals surface area contributed by atoms with Gasteiger partial charge in [-0.3, -0.25) is 0 Å². The minimum absolute atomic E-state index is 0.00408. The van der Waals surface area contributed by atoms with Gasteiger partial charge in [0, 0.05) is 20.1 Å². The van der Waals surface area contributed by atoms with Crippen LogP contribution >= 0.6 is 0 Å². The van der Waals surface area contributed by atoms with E-state index in [1.54, 1.807) is 7.05 Å². The van der Waals surface area contributed by atoms with Crippen molar-refractivity contribution in [1.29, 1.82) is 0 Å². The van der Waals surface area contributed by atoms with Crippen molar-refractivity contribution in [2.75, 3.05) is 26.7 Å². The lowest BCUT2D eigenvalue weighted by Gasteiger charge is -2.32. The lowest BCUT2D eigenvalue weighted by atomic mass is 10.2. The van der Waals surface area contributed by atoms with Crippen molar-refractivity contribution in [3.63, 3.8) is 0 Å². The number of urea groups is 1. The summed E-state index contributed by atoms with van der Waals surface area (Å²) in [4.78, 5) is 13.1. The first-order valence-corrected chi connectivity index (χ1v) is 4.86. The lowest BCUT2D eigenvalue weighted by molar-refractivity contribution is -0.0178. The molecule has 0 aliphatic carbocycles. The molecule has 0 aromatic heterocycles. The molecule has 1 fully saturated rings. The highest BCUT2D eigenvalue weighted by Crippen LogP contribution is 2.09. The summed E-state index contributed by atoms with van der Waals surface area (Å²) >= 11 is 0. The lowest BCUT2D eigenvalue weighted by Crippen LogP contribution is -2.48. The van der Waals surface area contributed by atoms with Crippen LogP contribution in [0.15, 0.2) is 0 Å². The van der Waals surface area contributed by atoms with Gasteiger partial charge in [-0.25, -0.2) is 4.79 Å². The summed E-state index contributed by atoms with van der Waals surface area (Å²) < 4.78 is 5.52. The van der Waals surface area contributed by atoms with Gasteiger partial charge in [0.05, 0.1) is 12.7 Å². The van der Waals surface area contributed by atoms with Gasteiger partial charge in [-0.15, -0.1) is 0 Å². The zero-order chi connectivity index (χ0) is 9.68. The Morgan fingerprint density at radius 3 is 3.08 bits per heavy atom. The van der Waals surface area contributed by atoms with Crippen LogP contribution in [0.5, 0.6) is 0 Å². The molecular formula is C9H18N2O2. The van der Waals surface area contributed by atoms with Crippen LogP contribution in [0.4, 0.5) is 4.79 Å². The number of hydrogen-bond donors (Lipinski definition) is 1. The Morgan fingerprint density at radius 2 is 2.46 bits per heavy atom. The van der Waals surface area contributed by atoms with E-state index < -0.39 is 0 Å². The number of carbonyl (C=O) groups is 1. The van der Waals surface area contributed by atoms with Crippen molar-refractivity contribution >= 4 is 6.03 Å². The number of ether oxygens (including phenoxy) is 1. The van der Waals surface area contributed by atoms with Gasteiger partial charge in [-0.05, 0) is 6.42 Å². The largest absolute Gasteiger partial charge is 0.375 e. The van der Waals surface area contributed by atoms with E-state index in [1.165, 1.54) is 0 Å². The smallest absolute Gasteiger partial charge is 0.317 e. The molecule has 0 aromatic carbocycles. The highest BCUT2D eigenvalue weighted by Gasteiger charge is 2.22. The van der Waals surface area contributed by atoms with Gasteiger partial charge in [0.15, 0.2) is 0 Å². The van der Waals surface area contributed by atoms with Crippen molar-refractivity contribution in [3.8, 4) is 0 Å². The summed E-state index contributed by atoms with van der Waals surface area (Å²) in [5.74, 6) is 0. The van der Waals surface area contributed by atoms with Crippen LogP contribution in [0.25, 0.3) is 0 Å². The molecule has 4 heteroatoms. The van der Waals surface area contributed by atoms with Crippen LogP contribution in [0.2, 0.25) is 0 Å². The molecule has 1 heterocycles. The quantitative estimate of drug-likeness (QED) is 0.694. The molecule has 0 radical (unpaired) electrons. The SMILES string of the molecule is CCCC1CN(C(=O)NC)CCO1. The van der Waals surface area contributed by atoms with Gasteiger partial charge in [-0.1, -0.05) is 13.3 Å². The van der Waals surface area contributed by atoms with Gasteiger partial charge < -0.3 is 15.0 Å². The second-order valence-electron chi connectivity index (χ2n) is 3.28. The summed E-state index contributed by atoms with van der Waals surface area (Å²) in [5, 5.41) is 2.63. The number of nitrogens with one attached hydrogen (secondary N) is 1. The molecule has 1 atom stereocenters. The Kier molecular flexibility index (Phi) is 4.02. The van der Waals surface area contributed by atoms with Crippen molar-refractivity contribution in [3.05, 3.63) is 0 Å². The number of hydrogen-bond acceptors (Lipinski definition) is 2. The van der Waals surface area contributed by atoms with Gasteiger partial charge in [-0.2, -0.15) is 0 Å². The van der Waals surface area contributed by atoms with E-state index in [9.17, 15) is 4.79 Å². The third-order valence-electron chi connectivity index (χ3n) is 2.25. The zero-order valence-electron chi connectivity index (χ0n) is 8.38. The van der Waals surface area contributed by atoms with E-state index in [4.69, 9.17) is 4.74 Å². The third kappa shape index (κ3) is 2.88. The molecule has 0 bridgehead atoms. The fourth-order valence-electron chi connectivity index (χ4n) is 1.56. The van der Waals surface area contributed by atoms with E-state index >= 15 is 0 Å². The minimum Gasteiger partial charge on any atom is -0.375 e. The van der Waals surface area contributed by atoms with Crippen LogP contribution in [0, 0.1) is 0 Å². The second kappa shape index (κ2) is 5.07. The highest BCUT2D eigenvalue weighted by atomic mass is 16.5. The molecule has 76 valence electrons. The van der Waals surface area contributed by atoms with Crippen molar-refractivity contribution in [1.82, 2.24) is 10.2 Å². The molecule has 1 saturated heterocycles. The fourth-order valence-corrected chi connectivity index (χ4v) is 1.56. The minimum atomic E-state index is 0.00408. The van der Waals surface area contributed by atoms with Crippen LogP contribution in [0.3, 0.4) is 0 Å². The predicted molar refractivity (Wildman–Crippen MR) is 50.7 cm³/mol. The first-order valence-electron chi connectivity index (χ1n) is 4.86. The molecule has 2 amide bonds. The average Bonchev–Trinajstić information content (AvgIpc) is 2.18. The number of amides is 2.